The van der Waals surface area contributed by atoms with Crippen molar-refractivity contribution in [1.29, 1.82) is 0 Å². The summed E-state index contributed by atoms with van der Waals surface area (Å²) in [5, 5.41) is 13.1. The average molecular weight is 465 g/mol. The fourth-order valence-electron chi connectivity index (χ4n) is 4.94. The molecule has 0 fully saturated rings. The van der Waals surface area contributed by atoms with Crippen LogP contribution in [0, 0.1) is 0 Å². The summed E-state index contributed by atoms with van der Waals surface area (Å²) in [7, 11) is 0. The Morgan fingerprint density at radius 3 is 2.57 bits per heavy atom. The SMILES string of the molecule is O=C(O)CCCCc1cc2cc(C(=O)N[C@H]3CCc4ccccc43)ccc2nc1-c1ccccc1. The van der Waals surface area contributed by atoms with Crippen LogP contribution in [0.15, 0.2) is 78.9 Å². The first-order valence-electron chi connectivity index (χ1n) is 12.2. The average Bonchev–Trinajstić information content (AvgIpc) is 3.29. The third-order valence-electron chi connectivity index (χ3n) is 6.73. The topological polar surface area (TPSA) is 79.3 Å². The number of carbonyl (C=O) groups is 2. The van der Waals surface area contributed by atoms with Crippen LogP contribution in [0.4, 0.5) is 0 Å². The zero-order valence-corrected chi connectivity index (χ0v) is 19.5. The fraction of sp³-hybridized carbons (Fsp3) is 0.233. The monoisotopic (exact) mass is 464 g/mol. The van der Waals surface area contributed by atoms with E-state index in [1.165, 1.54) is 11.1 Å². The summed E-state index contributed by atoms with van der Waals surface area (Å²) >= 11 is 0. The summed E-state index contributed by atoms with van der Waals surface area (Å²) in [6.07, 6.45) is 4.18. The molecule has 35 heavy (non-hydrogen) atoms. The molecule has 0 bridgehead atoms. The quantitative estimate of drug-likeness (QED) is 0.308. The summed E-state index contributed by atoms with van der Waals surface area (Å²) in [5.41, 5.74) is 6.98. The first-order valence-corrected chi connectivity index (χ1v) is 12.2. The number of fused-ring (bicyclic) bond motifs is 2. The van der Waals surface area contributed by atoms with Gasteiger partial charge in [-0.25, -0.2) is 4.98 Å². The van der Waals surface area contributed by atoms with Crippen LogP contribution in [0.25, 0.3) is 22.2 Å². The predicted octanol–water partition coefficient (Wildman–Crippen LogP) is 6.12. The standard InChI is InChI=1S/C30H28N2O3/c33-28(34)13-7-5-11-22-18-24-19-23(15-16-26(24)31-29(22)21-9-2-1-3-10-21)30(35)32-27-17-14-20-8-4-6-12-25(20)27/h1-4,6,8-10,12,15-16,18-19,27H,5,7,11,13-14,17H2,(H,32,35)(H,33,34)/t27-/m0/s1. The fourth-order valence-corrected chi connectivity index (χ4v) is 4.94. The van der Waals surface area contributed by atoms with E-state index < -0.39 is 5.97 Å². The van der Waals surface area contributed by atoms with E-state index in [-0.39, 0.29) is 18.4 Å². The number of carboxylic acid groups (broad SMARTS) is 1. The van der Waals surface area contributed by atoms with Gasteiger partial charge < -0.3 is 10.4 Å². The van der Waals surface area contributed by atoms with E-state index in [0.29, 0.717) is 12.0 Å². The van der Waals surface area contributed by atoms with Gasteiger partial charge in [-0.1, -0.05) is 54.6 Å². The highest BCUT2D eigenvalue weighted by molar-refractivity contribution is 5.98. The number of benzene rings is 3. The molecule has 176 valence electrons. The van der Waals surface area contributed by atoms with Gasteiger partial charge in [0.25, 0.3) is 5.91 Å². The van der Waals surface area contributed by atoms with Crippen molar-refractivity contribution in [2.75, 3.05) is 0 Å². The van der Waals surface area contributed by atoms with Gasteiger partial charge in [0.15, 0.2) is 0 Å². The summed E-state index contributed by atoms with van der Waals surface area (Å²) in [6.45, 7) is 0. The normalized spacial score (nSPS) is 14.6. The number of unbranched alkanes of at least 4 members (excludes halogenated alkanes) is 1. The minimum absolute atomic E-state index is 0.0396. The minimum atomic E-state index is -0.773. The summed E-state index contributed by atoms with van der Waals surface area (Å²) in [4.78, 5) is 29.0. The summed E-state index contributed by atoms with van der Waals surface area (Å²) < 4.78 is 0. The van der Waals surface area contributed by atoms with Crippen LogP contribution in [0.1, 0.15) is 58.8 Å². The molecule has 4 aromatic rings. The Balaban J connectivity index is 1.42. The Hall–Kier alpha value is -3.99. The van der Waals surface area contributed by atoms with Gasteiger partial charge >= 0.3 is 5.97 Å². The Labute approximate surface area is 204 Å². The van der Waals surface area contributed by atoms with Crippen LogP contribution >= 0.6 is 0 Å². The van der Waals surface area contributed by atoms with Gasteiger partial charge in [-0.2, -0.15) is 0 Å². The van der Waals surface area contributed by atoms with E-state index in [4.69, 9.17) is 10.1 Å². The number of carbonyl (C=O) groups excluding carboxylic acids is 1. The lowest BCUT2D eigenvalue weighted by Gasteiger charge is -2.15. The molecule has 1 heterocycles. The lowest BCUT2D eigenvalue weighted by molar-refractivity contribution is -0.137. The minimum Gasteiger partial charge on any atom is -0.481 e. The van der Waals surface area contributed by atoms with Gasteiger partial charge in [0.05, 0.1) is 17.3 Å². The molecule has 5 heteroatoms. The molecule has 3 aromatic carbocycles. The first kappa shape index (κ1) is 22.8. The molecule has 0 saturated carbocycles. The number of amides is 1. The van der Waals surface area contributed by atoms with Crippen LogP contribution in [0.2, 0.25) is 0 Å². The molecule has 0 spiro atoms. The van der Waals surface area contributed by atoms with Crippen molar-refractivity contribution < 1.29 is 14.7 Å². The number of nitrogens with one attached hydrogen (secondary N) is 1. The zero-order valence-electron chi connectivity index (χ0n) is 19.5. The molecule has 0 saturated heterocycles. The molecular weight excluding hydrogens is 436 g/mol. The second-order valence-corrected chi connectivity index (χ2v) is 9.13. The number of hydrogen-bond donors (Lipinski definition) is 2. The Bertz CT molecular complexity index is 1380. The number of aryl methyl sites for hydroxylation is 2. The number of rotatable bonds is 8. The third-order valence-corrected chi connectivity index (χ3v) is 6.73. The highest BCUT2D eigenvalue weighted by Crippen LogP contribution is 2.31. The Morgan fingerprint density at radius 2 is 1.74 bits per heavy atom. The largest absolute Gasteiger partial charge is 0.481 e. The molecule has 2 N–H and O–H groups in total. The van der Waals surface area contributed by atoms with Gasteiger partial charge in [-0.3, -0.25) is 9.59 Å². The number of aliphatic carboxylic acids is 1. The van der Waals surface area contributed by atoms with E-state index in [9.17, 15) is 9.59 Å². The summed E-state index contributed by atoms with van der Waals surface area (Å²) in [6, 6.07) is 26.1. The molecule has 1 aliphatic carbocycles. The van der Waals surface area contributed by atoms with Crippen molar-refractivity contribution in [1.82, 2.24) is 10.3 Å². The maximum absolute atomic E-state index is 13.1. The number of aromatic nitrogens is 1. The van der Waals surface area contributed by atoms with Crippen LogP contribution < -0.4 is 5.32 Å². The molecule has 1 aromatic heterocycles. The van der Waals surface area contributed by atoms with Crippen LogP contribution in [-0.4, -0.2) is 22.0 Å². The van der Waals surface area contributed by atoms with Gasteiger partial charge in [-0.05, 0) is 73.1 Å². The van der Waals surface area contributed by atoms with Crippen molar-refractivity contribution in [2.45, 2.75) is 44.6 Å². The molecule has 5 nitrogen and oxygen atoms in total. The number of hydrogen-bond acceptors (Lipinski definition) is 3. The first-order chi connectivity index (χ1) is 17.1. The molecule has 0 aliphatic heterocycles. The summed E-state index contributed by atoms with van der Waals surface area (Å²) in [5.74, 6) is -0.853. The van der Waals surface area contributed by atoms with Gasteiger partial charge in [-0.15, -0.1) is 0 Å². The Kier molecular flexibility index (Phi) is 6.57. The van der Waals surface area contributed by atoms with Gasteiger partial charge in [0.1, 0.15) is 0 Å². The molecule has 0 radical (unpaired) electrons. The second-order valence-electron chi connectivity index (χ2n) is 9.13. The molecular formula is C30H28N2O3. The van der Waals surface area contributed by atoms with E-state index in [2.05, 4.69) is 23.5 Å². The van der Waals surface area contributed by atoms with E-state index in [1.807, 2.05) is 60.7 Å². The van der Waals surface area contributed by atoms with Crippen molar-refractivity contribution >= 4 is 22.8 Å². The lowest BCUT2D eigenvalue weighted by atomic mass is 9.98. The van der Waals surface area contributed by atoms with Gasteiger partial charge in [0, 0.05) is 22.9 Å². The number of nitrogens with zero attached hydrogens (tertiary/aromatic N) is 1. The van der Waals surface area contributed by atoms with Crippen LogP contribution in [-0.2, 0) is 17.6 Å². The second kappa shape index (κ2) is 10.1. The molecule has 5 rings (SSSR count). The number of pyridine rings is 1. The number of carboxylic acids is 1. The predicted molar refractivity (Wildman–Crippen MR) is 137 cm³/mol. The van der Waals surface area contributed by atoms with Crippen molar-refractivity contribution in [3.8, 4) is 11.3 Å². The molecule has 1 atom stereocenters. The lowest BCUT2D eigenvalue weighted by Crippen LogP contribution is -2.27. The molecule has 1 aliphatic rings. The maximum Gasteiger partial charge on any atom is 0.303 e. The smallest absolute Gasteiger partial charge is 0.303 e. The maximum atomic E-state index is 13.1. The van der Waals surface area contributed by atoms with Gasteiger partial charge in [0.2, 0.25) is 0 Å². The molecule has 0 unspecified atom stereocenters. The van der Waals surface area contributed by atoms with E-state index in [1.54, 1.807) is 0 Å². The van der Waals surface area contributed by atoms with Crippen LogP contribution in [0.5, 0.6) is 0 Å². The van der Waals surface area contributed by atoms with Crippen molar-refractivity contribution in [3.05, 3.63) is 101 Å². The third kappa shape index (κ3) is 5.09. The Morgan fingerprint density at radius 1 is 0.943 bits per heavy atom. The van der Waals surface area contributed by atoms with Crippen molar-refractivity contribution in [2.24, 2.45) is 0 Å². The van der Waals surface area contributed by atoms with Crippen molar-refractivity contribution in [3.63, 3.8) is 0 Å². The van der Waals surface area contributed by atoms with E-state index >= 15 is 0 Å². The highest BCUT2D eigenvalue weighted by Gasteiger charge is 2.24. The van der Waals surface area contributed by atoms with E-state index in [0.717, 1.165) is 53.4 Å². The highest BCUT2D eigenvalue weighted by atomic mass is 16.4. The molecule has 1 amide bonds. The van der Waals surface area contributed by atoms with Crippen LogP contribution in [0.3, 0.4) is 0 Å². The zero-order chi connectivity index (χ0) is 24.2.